The highest BCUT2D eigenvalue weighted by atomic mass is 16.8. The molecule has 0 spiro atoms. The van der Waals surface area contributed by atoms with Gasteiger partial charge in [0.2, 0.25) is 0 Å². The molecule has 6 unspecified atom stereocenters. The number of aromatic nitrogens is 3. The molecule has 3 amide bonds. The maximum atomic E-state index is 15.6. The molecule has 0 N–H and O–H groups in total. The highest BCUT2D eigenvalue weighted by Crippen LogP contribution is 2.28. The van der Waals surface area contributed by atoms with E-state index in [-0.39, 0.29) is 68.9 Å². The van der Waals surface area contributed by atoms with E-state index in [0.717, 1.165) is 0 Å². The number of nitrogens with zero attached hydrogens (tertiary/aromatic N) is 6. The Bertz CT molecular complexity index is 2380. The molecule has 1 heterocycles. The molecule has 1 aromatic rings. The van der Waals surface area contributed by atoms with E-state index in [9.17, 15) is 43.2 Å². The summed E-state index contributed by atoms with van der Waals surface area (Å²) in [7, 11) is 0. The lowest BCUT2D eigenvalue weighted by atomic mass is 10.1. The van der Waals surface area contributed by atoms with Gasteiger partial charge in [0.15, 0.2) is 18.7 Å². The second-order valence-electron chi connectivity index (χ2n) is 19.0. The number of rotatable bonds is 30. The van der Waals surface area contributed by atoms with Gasteiger partial charge in [-0.15, -0.1) is 15.2 Å². The Morgan fingerprint density at radius 3 is 0.790 bits per heavy atom. The Kier molecular flexibility index (Phi) is 29.4. The Labute approximate surface area is 469 Å². The maximum Gasteiger partial charge on any atom is 0.443 e. The van der Waals surface area contributed by atoms with Gasteiger partial charge in [-0.3, -0.25) is 0 Å². The average molecular weight is 1150 g/mol. The van der Waals surface area contributed by atoms with Crippen molar-refractivity contribution in [3.05, 3.63) is 106 Å². The van der Waals surface area contributed by atoms with Crippen molar-refractivity contribution in [1.29, 1.82) is 0 Å². The standard InChI is InChI=1S/C54H78N6O21/c1-19-25-37(58(52(70)73-34(13)14)79-46(64)31(7)8)28-40(76-43(61)22-4)55-49(67)56(41(77-44(62)23-5)29-38(26-20-2)59(53(71)74-35(15)16)80-47(65)32(9)10)51(69)57(50(55)68)42(78-45(63)24-6)30-39(27-21-3)60(54(72)75-36(17)18)81-48(66)33(11)12/h22-24,34-42H,4-7,9,11,19-21,25-30H2,1-3,8,10,12-18H3. The molecule has 0 aromatic carbocycles. The second kappa shape index (κ2) is 33.8. The number of hydrogen-bond acceptors (Lipinski definition) is 21. The van der Waals surface area contributed by atoms with Gasteiger partial charge in [0.1, 0.15) is 0 Å². The molecule has 0 bridgehead atoms. The largest absolute Gasteiger partial charge is 0.445 e. The summed E-state index contributed by atoms with van der Waals surface area (Å²) in [6.07, 6.45) is -14.2. The first-order valence-electron chi connectivity index (χ1n) is 26.0. The van der Waals surface area contributed by atoms with Crippen molar-refractivity contribution in [2.24, 2.45) is 0 Å². The molecule has 0 saturated heterocycles. The van der Waals surface area contributed by atoms with E-state index in [1.807, 2.05) is 0 Å². The van der Waals surface area contributed by atoms with E-state index in [1.54, 1.807) is 20.8 Å². The van der Waals surface area contributed by atoms with Crippen LogP contribution < -0.4 is 17.1 Å². The molecule has 450 valence electrons. The van der Waals surface area contributed by atoms with Crippen LogP contribution in [0.3, 0.4) is 0 Å². The Morgan fingerprint density at radius 2 is 0.630 bits per heavy atom. The van der Waals surface area contributed by atoms with Gasteiger partial charge in [-0.2, -0.15) is 0 Å². The molecular formula is C54H78N6O21. The lowest BCUT2D eigenvalue weighted by Gasteiger charge is -2.34. The van der Waals surface area contributed by atoms with Gasteiger partial charge in [-0.1, -0.05) is 79.5 Å². The molecule has 27 heteroatoms. The highest BCUT2D eigenvalue weighted by molar-refractivity contribution is 5.89. The Hall–Kier alpha value is -8.52. The molecule has 0 aliphatic carbocycles. The first-order valence-corrected chi connectivity index (χ1v) is 26.0. The van der Waals surface area contributed by atoms with E-state index in [1.165, 1.54) is 62.3 Å². The maximum absolute atomic E-state index is 15.6. The van der Waals surface area contributed by atoms with Crippen molar-refractivity contribution >= 4 is 54.1 Å². The summed E-state index contributed by atoms with van der Waals surface area (Å²) in [6.45, 7) is 38.4. The van der Waals surface area contributed by atoms with Crippen LogP contribution in [0.1, 0.15) is 160 Å². The smallest absolute Gasteiger partial charge is 0.443 e. The van der Waals surface area contributed by atoms with Crippen LogP contribution >= 0.6 is 0 Å². The number of amides is 3. The van der Waals surface area contributed by atoms with E-state index >= 15 is 14.4 Å². The van der Waals surface area contributed by atoms with Gasteiger partial charge in [0, 0.05) is 54.2 Å². The van der Waals surface area contributed by atoms with Crippen molar-refractivity contribution in [3.8, 4) is 0 Å². The molecule has 1 aromatic heterocycles. The zero-order chi connectivity index (χ0) is 62.2. The van der Waals surface area contributed by atoms with Gasteiger partial charge in [0.25, 0.3) is 0 Å². The fourth-order valence-electron chi connectivity index (χ4n) is 7.23. The van der Waals surface area contributed by atoms with E-state index in [2.05, 4.69) is 39.5 Å². The number of hydroxylamine groups is 6. The molecule has 0 fully saturated rings. The number of esters is 3. The number of carbonyl (C=O) groups is 9. The van der Waals surface area contributed by atoms with Crippen LogP contribution in [0.15, 0.2) is 88.8 Å². The minimum Gasteiger partial charge on any atom is -0.445 e. The lowest BCUT2D eigenvalue weighted by Crippen LogP contribution is -2.60. The van der Waals surface area contributed by atoms with Crippen molar-refractivity contribution in [1.82, 2.24) is 28.9 Å². The van der Waals surface area contributed by atoms with E-state index in [0.29, 0.717) is 33.4 Å². The first kappa shape index (κ1) is 70.5. The van der Waals surface area contributed by atoms with Crippen LogP contribution in [-0.2, 0) is 71.7 Å². The third kappa shape index (κ3) is 21.6. The van der Waals surface area contributed by atoms with Gasteiger partial charge in [0.05, 0.1) is 36.4 Å². The SMILES string of the molecule is C=CC(=O)OC(CC(CCC)N(OC(=O)C(=C)C)C(=O)OC(C)C)n1c(=O)n(C(CC(CCC)N(OC(=O)C(=C)C)C(=O)OC(C)C)OC(=O)C=C)c(=O)n(C(CC(CCC)N(OC(=O)C(=C)C)C(=O)OC(C)C)OC(=O)C=C)c1=O. The second-order valence-corrected chi connectivity index (χ2v) is 19.0. The van der Waals surface area contributed by atoms with Gasteiger partial charge >= 0.3 is 71.2 Å². The summed E-state index contributed by atoms with van der Waals surface area (Å²) in [4.78, 5) is 185. The van der Waals surface area contributed by atoms with Gasteiger partial charge in [-0.05, 0) is 81.6 Å². The van der Waals surface area contributed by atoms with Gasteiger partial charge in [-0.25, -0.2) is 71.2 Å². The summed E-state index contributed by atoms with van der Waals surface area (Å²) in [5, 5.41) is 1.41. The van der Waals surface area contributed by atoms with Crippen LogP contribution in [0.2, 0.25) is 0 Å². The predicted molar refractivity (Wildman–Crippen MR) is 288 cm³/mol. The van der Waals surface area contributed by atoms with E-state index < -0.39 is 146 Å². The number of carbonyl (C=O) groups excluding carboxylic acids is 9. The first-order chi connectivity index (χ1) is 37.8. The van der Waals surface area contributed by atoms with Crippen LogP contribution in [-0.4, -0.2) is 119 Å². The van der Waals surface area contributed by atoms with Crippen molar-refractivity contribution in [2.75, 3.05) is 0 Å². The van der Waals surface area contributed by atoms with Crippen LogP contribution in [0, 0.1) is 0 Å². The zero-order valence-corrected chi connectivity index (χ0v) is 48.3. The summed E-state index contributed by atoms with van der Waals surface area (Å²) >= 11 is 0. The van der Waals surface area contributed by atoms with Crippen molar-refractivity contribution in [2.45, 2.75) is 196 Å². The molecule has 0 aliphatic heterocycles. The summed E-state index contributed by atoms with van der Waals surface area (Å²) in [6, 6.07) is -4.52. The van der Waals surface area contributed by atoms with Crippen molar-refractivity contribution in [3.63, 3.8) is 0 Å². The fourth-order valence-corrected chi connectivity index (χ4v) is 7.23. The van der Waals surface area contributed by atoms with Gasteiger partial charge < -0.3 is 42.9 Å². The summed E-state index contributed by atoms with van der Waals surface area (Å²) < 4.78 is 33.7. The average Bonchev–Trinajstić information content (AvgIpc) is 3.53. The fraction of sp³-hybridized carbons (Fsp3) is 0.556. The number of hydrogen-bond donors (Lipinski definition) is 0. The van der Waals surface area contributed by atoms with Crippen molar-refractivity contribution < 1.29 is 86.1 Å². The predicted octanol–water partition coefficient (Wildman–Crippen LogP) is 7.18. The van der Waals surface area contributed by atoms with Crippen LogP contribution in [0.4, 0.5) is 14.4 Å². The Morgan fingerprint density at radius 1 is 0.420 bits per heavy atom. The molecule has 27 nitrogen and oxygen atoms in total. The Balaban J connectivity index is 5.18. The molecule has 1 rings (SSSR count). The minimum atomic E-state index is -2.34. The van der Waals surface area contributed by atoms with E-state index in [4.69, 9.17) is 42.9 Å². The topological polar surface area (TPSA) is 312 Å². The quantitative estimate of drug-likeness (QED) is 0.0319. The monoisotopic (exact) mass is 1150 g/mol. The summed E-state index contributed by atoms with van der Waals surface area (Å²) in [5.74, 6) is -7.46. The lowest BCUT2D eigenvalue weighted by molar-refractivity contribution is -0.194. The highest BCUT2D eigenvalue weighted by Gasteiger charge is 2.41. The molecule has 0 aliphatic rings. The van der Waals surface area contributed by atoms with Crippen LogP contribution in [0.25, 0.3) is 0 Å². The normalized spacial score (nSPS) is 13.1. The number of ether oxygens (including phenoxy) is 6. The molecule has 81 heavy (non-hydrogen) atoms. The molecule has 0 saturated carbocycles. The van der Waals surface area contributed by atoms with Crippen LogP contribution in [0.5, 0.6) is 0 Å². The molecule has 6 atom stereocenters. The third-order valence-corrected chi connectivity index (χ3v) is 10.8. The molecule has 0 radical (unpaired) electrons. The molecular weight excluding hydrogens is 1070 g/mol. The minimum absolute atomic E-state index is 0.142. The summed E-state index contributed by atoms with van der Waals surface area (Å²) in [5.41, 5.74) is -5.90. The third-order valence-electron chi connectivity index (χ3n) is 10.8. The zero-order valence-electron chi connectivity index (χ0n) is 48.3.